The van der Waals surface area contributed by atoms with Crippen LogP contribution < -0.4 is 24.8 Å². The largest absolute Gasteiger partial charge is 1.00 e. The molecule has 0 aromatic heterocycles. The van der Waals surface area contributed by atoms with E-state index in [1.54, 1.807) is 25.6 Å². The maximum atomic E-state index is 2.81. The number of hydrogen-bond acceptors (Lipinski definition) is 0. The summed E-state index contributed by atoms with van der Waals surface area (Å²) in [6.45, 7) is 28.9. The number of aryl methyl sites for hydroxylation is 1. The van der Waals surface area contributed by atoms with Crippen LogP contribution in [0.25, 0.3) is 22.3 Å². The van der Waals surface area contributed by atoms with Crippen LogP contribution in [0.2, 0.25) is 0 Å². The topological polar surface area (TPSA) is 0 Å². The molecule has 0 bridgehead atoms. The minimum Gasteiger partial charge on any atom is -1.00 e. The number of rotatable bonds is 5. The summed E-state index contributed by atoms with van der Waals surface area (Å²) < 4.78 is 6.44. The number of hydrogen-bond donors (Lipinski definition) is 0. The summed E-state index contributed by atoms with van der Waals surface area (Å²) in [5.41, 5.74) is 21.3. The molecule has 0 fully saturated rings. The first kappa shape index (κ1) is 38.2. The Kier molecular flexibility index (Phi) is 10.3. The van der Waals surface area contributed by atoms with Crippen LogP contribution in [0.1, 0.15) is 134 Å². The van der Waals surface area contributed by atoms with Gasteiger partial charge in [-0.25, -0.2) is 0 Å². The molecule has 3 aromatic rings. The van der Waals surface area contributed by atoms with E-state index >= 15 is 0 Å². The third-order valence-electron chi connectivity index (χ3n) is 11.9. The van der Waals surface area contributed by atoms with Crippen LogP contribution in [0.5, 0.6) is 0 Å². The van der Waals surface area contributed by atoms with Gasteiger partial charge in [0.15, 0.2) is 0 Å². The molecule has 0 nitrogen and oxygen atoms in total. The van der Waals surface area contributed by atoms with Gasteiger partial charge in [0.2, 0.25) is 0 Å². The van der Waals surface area contributed by atoms with E-state index in [0.29, 0.717) is 5.92 Å². The molecule has 1 unspecified atom stereocenters. The summed E-state index contributed by atoms with van der Waals surface area (Å²) in [6.07, 6.45) is 8.50. The van der Waals surface area contributed by atoms with Crippen molar-refractivity contribution < 1.29 is 46.1 Å². The molecule has 3 aromatic carbocycles. The van der Waals surface area contributed by atoms with Gasteiger partial charge in [0.25, 0.3) is 0 Å². The Hall–Kier alpha value is -2.05. The van der Waals surface area contributed by atoms with Gasteiger partial charge >= 0.3 is 295 Å². The van der Waals surface area contributed by atoms with E-state index in [2.05, 4.69) is 147 Å². The monoisotopic (exact) mass is 766 g/mol. The molecule has 0 radical (unpaired) electrons. The molecule has 49 heavy (non-hydrogen) atoms. The SMILES string of the molecule is CCC1=[C]([Zr+2](=[CH]c2ccc(C)cc2)[C]2=C(C)c3cc4c(cc3C2(C)C)Cc2cc3c(cc2-4)C(C)=CC3(C)C)C(CC)C=C1C(C)(C)C.[Cl-].[Cl-]. The smallest absolute Gasteiger partial charge is 1.00 e. The van der Waals surface area contributed by atoms with Crippen molar-refractivity contribution in [1.82, 2.24) is 0 Å². The van der Waals surface area contributed by atoms with Gasteiger partial charge in [-0.15, -0.1) is 0 Å². The van der Waals surface area contributed by atoms with Crippen LogP contribution in [0.3, 0.4) is 0 Å². The van der Waals surface area contributed by atoms with Crippen molar-refractivity contribution in [3.8, 4) is 11.1 Å². The molecule has 3 heteroatoms. The predicted molar refractivity (Wildman–Crippen MR) is 202 cm³/mol. The molecule has 0 heterocycles. The average molecular weight is 769 g/mol. The molecule has 1 atom stereocenters. The van der Waals surface area contributed by atoms with Gasteiger partial charge in [-0.2, -0.15) is 0 Å². The van der Waals surface area contributed by atoms with Crippen molar-refractivity contribution >= 4 is 14.9 Å². The molecule has 0 N–H and O–H groups in total. The zero-order valence-corrected chi connectivity index (χ0v) is 35.8. The quantitative estimate of drug-likeness (QED) is 0.220. The summed E-state index contributed by atoms with van der Waals surface area (Å²) in [5, 5.41) is 0. The Morgan fingerprint density at radius 1 is 0.796 bits per heavy atom. The first-order valence-corrected chi connectivity index (χ1v) is 22.0. The van der Waals surface area contributed by atoms with Crippen LogP contribution in [0.4, 0.5) is 0 Å². The fraction of sp³-hybridized carbons (Fsp3) is 0.413. The van der Waals surface area contributed by atoms with E-state index in [0.717, 1.165) is 12.8 Å². The van der Waals surface area contributed by atoms with Crippen molar-refractivity contribution in [2.75, 3.05) is 0 Å². The molecule has 0 saturated heterocycles. The van der Waals surface area contributed by atoms with Crippen molar-refractivity contribution in [1.29, 1.82) is 0 Å². The minimum absolute atomic E-state index is 0. The Balaban J connectivity index is 0.00000234. The van der Waals surface area contributed by atoms with Gasteiger partial charge in [-0.1, -0.05) is 0 Å². The first-order valence-electron chi connectivity index (χ1n) is 18.1. The molecule has 0 saturated carbocycles. The molecular weight excluding hydrogens is 715 g/mol. The van der Waals surface area contributed by atoms with Gasteiger partial charge in [0.1, 0.15) is 0 Å². The van der Waals surface area contributed by atoms with Crippen LogP contribution in [-0.2, 0) is 38.5 Å². The second kappa shape index (κ2) is 13.2. The fourth-order valence-corrected chi connectivity index (χ4v) is 18.8. The van der Waals surface area contributed by atoms with E-state index in [-0.39, 0.29) is 41.1 Å². The van der Waals surface area contributed by atoms with E-state index in [1.807, 2.05) is 3.28 Å². The molecule has 4 aliphatic rings. The van der Waals surface area contributed by atoms with Crippen molar-refractivity contribution in [2.24, 2.45) is 11.3 Å². The summed E-state index contributed by atoms with van der Waals surface area (Å²) in [5.74, 6) is 0.551. The van der Waals surface area contributed by atoms with E-state index < -0.39 is 21.3 Å². The third-order valence-corrected chi connectivity index (χ3v) is 20.3. The Morgan fingerprint density at radius 3 is 1.96 bits per heavy atom. The van der Waals surface area contributed by atoms with E-state index in [4.69, 9.17) is 0 Å². The van der Waals surface area contributed by atoms with Crippen LogP contribution in [0, 0.1) is 18.3 Å². The van der Waals surface area contributed by atoms with E-state index in [1.165, 1.54) is 62.1 Å². The second-order valence-electron chi connectivity index (χ2n) is 17.0. The summed E-state index contributed by atoms with van der Waals surface area (Å²) in [4.78, 5) is 0. The molecule has 0 aliphatic heterocycles. The average Bonchev–Trinajstić information content (AvgIpc) is 3.68. The number of fused-ring (bicyclic) bond motifs is 5. The number of allylic oxidation sites excluding steroid dienone is 8. The van der Waals surface area contributed by atoms with Crippen molar-refractivity contribution in [2.45, 2.75) is 113 Å². The van der Waals surface area contributed by atoms with Crippen molar-refractivity contribution in [3.63, 3.8) is 0 Å². The zero-order chi connectivity index (χ0) is 33.8. The number of benzene rings is 3. The van der Waals surface area contributed by atoms with Gasteiger partial charge in [-0.3, -0.25) is 0 Å². The van der Waals surface area contributed by atoms with Gasteiger partial charge in [0, 0.05) is 0 Å². The van der Waals surface area contributed by atoms with Gasteiger partial charge < -0.3 is 24.8 Å². The zero-order valence-electron chi connectivity index (χ0n) is 31.8. The Labute approximate surface area is 317 Å². The maximum Gasteiger partial charge on any atom is -1.00 e. The molecule has 7 rings (SSSR count). The predicted octanol–water partition coefficient (Wildman–Crippen LogP) is 6.44. The van der Waals surface area contributed by atoms with Crippen LogP contribution in [-0.4, -0.2) is 3.71 Å². The normalized spacial score (nSPS) is 19.6. The summed E-state index contributed by atoms with van der Waals surface area (Å²) >= 11 is -2.60. The van der Waals surface area contributed by atoms with Crippen molar-refractivity contribution in [3.05, 3.63) is 123 Å². The maximum absolute atomic E-state index is 2.81. The van der Waals surface area contributed by atoms with Crippen LogP contribution >= 0.6 is 0 Å². The number of halogens is 2. The standard InChI is InChI=1S/C25H25.C13H21.C8H8.2ClH.Zr/c1-14-12-24(3,4)22-8-16-7-17-9-23-19(15(2)13-25(23,5)6)11-21(17)20(16)10-18(14)22;1-6-10-8-11(7-2)12(9-10)13(3,4)5;1-7-3-5-8(2)6-4-7;;;/h8-12H,7H2,1-6H3;9-10H,6-7H2,1-5H3;1,3-6H,2H3;2*1H;/q;;;;;+2/p-2. The third kappa shape index (κ3) is 6.07. The van der Waals surface area contributed by atoms with Gasteiger partial charge in [0.05, 0.1) is 0 Å². The molecule has 4 aliphatic carbocycles. The summed E-state index contributed by atoms with van der Waals surface area (Å²) in [6, 6.07) is 19.7. The Morgan fingerprint density at radius 2 is 1.39 bits per heavy atom. The Bertz CT molecular complexity index is 2020. The molecule has 256 valence electrons. The molecule has 0 amide bonds. The fourth-order valence-electron chi connectivity index (χ4n) is 9.58. The first-order chi connectivity index (χ1) is 22.1. The minimum atomic E-state index is -2.60. The van der Waals surface area contributed by atoms with Crippen LogP contribution in [0.15, 0.2) is 78.4 Å². The molecular formula is C46H54Cl2Zr. The second-order valence-corrected chi connectivity index (χ2v) is 22.3. The van der Waals surface area contributed by atoms with E-state index in [9.17, 15) is 0 Å². The molecule has 0 spiro atoms. The summed E-state index contributed by atoms with van der Waals surface area (Å²) in [7, 11) is 0. The van der Waals surface area contributed by atoms with Gasteiger partial charge in [-0.05, 0) is 0 Å².